The molecule has 25 heavy (non-hydrogen) atoms. The van der Waals surface area contributed by atoms with Crippen LogP contribution in [0.5, 0.6) is 11.6 Å². The van der Waals surface area contributed by atoms with Crippen LogP contribution in [0.3, 0.4) is 0 Å². The predicted molar refractivity (Wildman–Crippen MR) is 93.6 cm³/mol. The Morgan fingerprint density at radius 3 is 2.80 bits per heavy atom. The first-order valence-corrected chi connectivity index (χ1v) is 8.75. The van der Waals surface area contributed by atoms with Crippen LogP contribution in [0.1, 0.15) is 42.5 Å². The van der Waals surface area contributed by atoms with Gasteiger partial charge >= 0.3 is 0 Å². The Labute approximate surface area is 151 Å². The van der Waals surface area contributed by atoms with Gasteiger partial charge in [-0.15, -0.1) is 5.10 Å². The number of halogens is 1. The van der Waals surface area contributed by atoms with Crippen molar-refractivity contribution in [2.75, 3.05) is 0 Å². The van der Waals surface area contributed by atoms with Crippen LogP contribution in [0.15, 0.2) is 36.5 Å². The Balaban J connectivity index is 1.69. The number of carbonyl (C=O) groups excluding carboxylic acids is 1. The molecule has 2 N–H and O–H groups in total. The van der Waals surface area contributed by atoms with Gasteiger partial charge in [-0.1, -0.05) is 30.9 Å². The molecule has 6 nitrogen and oxygen atoms in total. The Kier molecular flexibility index (Phi) is 5.83. The second-order valence-corrected chi connectivity index (χ2v) is 6.53. The zero-order valence-electron chi connectivity index (χ0n) is 13.7. The maximum atomic E-state index is 12.5. The maximum absolute atomic E-state index is 12.5. The van der Waals surface area contributed by atoms with E-state index in [1.807, 2.05) is 0 Å². The van der Waals surface area contributed by atoms with Gasteiger partial charge in [0.2, 0.25) is 5.88 Å². The number of benzene rings is 1. The Bertz CT molecular complexity index is 721. The van der Waals surface area contributed by atoms with E-state index in [4.69, 9.17) is 16.3 Å². The summed E-state index contributed by atoms with van der Waals surface area (Å²) in [4.78, 5) is 12.5. The molecule has 1 atom stereocenters. The van der Waals surface area contributed by atoms with Gasteiger partial charge in [0.25, 0.3) is 5.91 Å². The van der Waals surface area contributed by atoms with Crippen LogP contribution in [-0.4, -0.2) is 27.4 Å². The summed E-state index contributed by atoms with van der Waals surface area (Å²) in [5, 5.41) is 20.8. The Morgan fingerprint density at radius 1 is 1.28 bits per heavy atom. The first-order valence-electron chi connectivity index (χ1n) is 8.37. The van der Waals surface area contributed by atoms with Gasteiger partial charge in [0, 0.05) is 18.2 Å². The number of aromatic nitrogens is 2. The molecule has 7 heteroatoms. The molecule has 1 heterocycles. The molecule has 1 saturated carbocycles. The SMILES string of the molecule is O=C(NC(O)C1CCCCC1)c1cc(Oc2cccnn2)ccc1Cl. The monoisotopic (exact) mass is 361 g/mol. The van der Waals surface area contributed by atoms with E-state index in [-0.39, 0.29) is 11.5 Å². The molecule has 1 aromatic carbocycles. The smallest absolute Gasteiger partial charge is 0.254 e. The lowest BCUT2D eigenvalue weighted by Crippen LogP contribution is -2.41. The third-order valence-electron chi connectivity index (χ3n) is 4.33. The van der Waals surface area contributed by atoms with Crippen molar-refractivity contribution in [3.05, 3.63) is 47.1 Å². The molecule has 3 rings (SSSR count). The molecule has 1 aliphatic carbocycles. The average molecular weight is 362 g/mol. The number of nitrogens with zero attached hydrogens (tertiary/aromatic N) is 2. The summed E-state index contributed by atoms with van der Waals surface area (Å²) in [6.45, 7) is 0. The minimum absolute atomic E-state index is 0.0931. The number of hydrogen-bond donors (Lipinski definition) is 2. The van der Waals surface area contributed by atoms with Crippen molar-refractivity contribution >= 4 is 17.5 Å². The van der Waals surface area contributed by atoms with Crippen molar-refractivity contribution < 1.29 is 14.6 Å². The summed E-state index contributed by atoms with van der Waals surface area (Å²) >= 11 is 6.14. The van der Waals surface area contributed by atoms with Gasteiger partial charge in [0.15, 0.2) is 0 Å². The highest BCUT2D eigenvalue weighted by molar-refractivity contribution is 6.33. The van der Waals surface area contributed by atoms with E-state index in [0.29, 0.717) is 16.7 Å². The van der Waals surface area contributed by atoms with E-state index >= 15 is 0 Å². The van der Waals surface area contributed by atoms with Crippen LogP contribution in [0.2, 0.25) is 5.02 Å². The van der Waals surface area contributed by atoms with Gasteiger partial charge in [-0.3, -0.25) is 4.79 Å². The summed E-state index contributed by atoms with van der Waals surface area (Å²) in [6.07, 6.45) is 5.87. The minimum atomic E-state index is -0.867. The summed E-state index contributed by atoms with van der Waals surface area (Å²) in [6, 6.07) is 8.11. The van der Waals surface area contributed by atoms with Crippen LogP contribution in [-0.2, 0) is 0 Å². The summed E-state index contributed by atoms with van der Waals surface area (Å²) in [7, 11) is 0. The van der Waals surface area contributed by atoms with Crippen LogP contribution in [0, 0.1) is 5.92 Å². The third-order valence-corrected chi connectivity index (χ3v) is 4.66. The van der Waals surface area contributed by atoms with Crippen LogP contribution < -0.4 is 10.1 Å². The van der Waals surface area contributed by atoms with E-state index in [9.17, 15) is 9.90 Å². The average Bonchev–Trinajstić information content (AvgIpc) is 2.65. The van der Waals surface area contributed by atoms with Crippen molar-refractivity contribution in [1.82, 2.24) is 15.5 Å². The first-order chi connectivity index (χ1) is 12.1. The fourth-order valence-corrected chi connectivity index (χ4v) is 3.19. The zero-order valence-corrected chi connectivity index (χ0v) is 14.4. The van der Waals surface area contributed by atoms with Crippen molar-refractivity contribution in [1.29, 1.82) is 0 Å². The van der Waals surface area contributed by atoms with E-state index in [0.717, 1.165) is 25.7 Å². The molecular weight excluding hydrogens is 342 g/mol. The van der Waals surface area contributed by atoms with Gasteiger partial charge in [0.05, 0.1) is 10.6 Å². The van der Waals surface area contributed by atoms with Crippen molar-refractivity contribution in [3.8, 4) is 11.6 Å². The predicted octanol–water partition coefficient (Wildman–Crippen LogP) is 3.55. The number of hydrogen-bond acceptors (Lipinski definition) is 5. The molecule has 1 aromatic heterocycles. The highest BCUT2D eigenvalue weighted by Crippen LogP contribution is 2.27. The van der Waals surface area contributed by atoms with E-state index in [1.54, 1.807) is 30.5 Å². The molecule has 2 aromatic rings. The number of ether oxygens (including phenoxy) is 1. The largest absolute Gasteiger partial charge is 0.437 e. The van der Waals surface area contributed by atoms with E-state index in [2.05, 4.69) is 15.5 Å². The molecule has 0 aliphatic heterocycles. The topological polar surface area (TPSA) is 84.3 Å². The minimum Gasteiger partial charge on any atom is -0.437 e. The van der Waals surface area contributed by atoms with E-state index < -0.39 is 12.1 Å². The summed E-state index contributed by atoms with van der Waals surface area (Å²) in [5.74, 6) is 0.406. The number of aliphatic hydroxyl groups excluding tert-OH is 1. The highest BCUT2D eigenvalue weighted by Gasteiger charge is 2.24. The van der Waals surface area contributed by atoms with Gasteiger partial charge in [-0.2, -0.15) is 5.10 Å². The normalized spacial score (nSPS) is 16.2. The van der Waals surface area contributed by atoms with Crippen LogP contribution in [0.25, 0.3) is 0 Å². The van der Waals surface area contributed by atoms with Gasteiger partial charge in [0.1, 0.15) is 12.0 Å². The van der Waals surface area contributed by atoms with Crippen molar-refractivity contribution in [3.63, 3.8) is 0 Å². The second-order valence-electron chi connectivity index (χ2n) is 6.12. The molecule has 0 spiro atoms. The molecule has 1 aliphatic rings. The fourth-order valence-electron chi connectivity index (χ4n) is 2.98. The quantitative estimate of drug-likeness (QED) is 0.795. The Morgan fingerprint density at radius 2 is 2.08 bits per heavy atom. The lowest BCUT2D eigenvalue weighted by atomic mass is 9.88. The fraction of sp³-hybridized carbons (Fsp3) is 0.389. The molecule has 132 valence electrons. The van der Waals surface area contributed by atoms with Gasteiger partial charge in [-0.05, 0) is 37.1 Å². The third kappa shape index (κ3) is 4.67. The van der Waals surface area contributed by atoms with Gasteiger partial charge < -0.3 is 15.2 Å². The van der Waals surface area contributed by atoms with Gasteiger partial charge in [-0.25, -0.2) is 0 Å². The molecule has 0 saturated heterocycles. The summed E-state index contributed by atoms with van der Waals surface area (Å²) in [5.41, 5.74) is 0.248. The lowest BCUT2D eigenvalue weighted by Gasteiger charge is -2.27. The molecule has 1 unspecified atom stereocenters. The number of amides is 1. The standard InChI is InChI=1S/C18H20ClN3O3/c19-15-9-8-13(25-16-7-4-10-20-22-16)11-14(15)18(24)21-17(23)12-5-2-1-3-6-12/h4,7-12,17,23H,1-3,5-6H2,(H,21,24). The zero-order chi connectivity index (χ0) is 17.6. The van der Waals surface area contributed by atoms with E-state index in [1.165, 1.54) is 12.5 Å². The number of nitrogens with one attached hydrogen (secondary N) is 1. The maximum Gasteiger partial charge on any atom is 0.254 e. The Hall–Kier alpha value is -2.18. The van der Waals surface area contributed by atoms with Crippen molar-refractivity contribution in [2.24, 2.45) is 5.92 Å². The second kappa shape index (κ2) is 8.27. The lowest BCUT2D eigenvalue weighted by molar-refractivity contribution is 0.0463. The molecule has 1 fully saturated rings. The first kappa shape index (κ1) is 17.6. The molecular formula is C18H20ClN3O3. The molecule has 0 radical (unpaired) electrons. The number of carbonyl (C=O) groups is 1. The number of aliphatic hydroxyl groups is 1. The molecule has 0 bridgehead atoms. The highest BCUT2D eigenvalue weighted by atomic mass is 35.5. The summed E-state index contributed by atoms with van der Waals surface area (Å²) < 4.78 is 5.57. The van der Waals surface area contributed by atoms with Crippen LogP contribution >= 0.6 is 11.6 Å². The molecule has 1 amide bonds. The van der Waals surface area contributed by atoms with Crippen LogP contribution in [0.4, 0.5) is 0 Å². The van der Waals surface area contributed by atoms with Crippen molar-refractivity contribution in [2.45, 2.75) is 38.3 Å². The number of rotatable bonds is 5.